The average molecular weight is 171 g/mol. The maximum atomic E-state index is 11.7. The number of hydrogen-bond acceptors (Lipinski definition) is 2. The van der Waals surface area contributed by atoms with Crippen LogP contribution in [0.2, 0.25) is 0 Å². The maximum absolute atomic E-state index is 11.7. The van der Waals surface area contributed by atoms with Crippen LogP contribution in [-0.2, 0) is 13.6 Å². The summed E-state index contributed by atoms with van der Waals surface area (Å²) >= 11 is 0. The lowest BCUT2D eigenvalue weighted by Crippen LogP contribution is -2.16. The summed E-state index contributed by atoms with van der Waals surface area (Å²) in [6, 6.07) is 0. The normalized spacial score (nSPS) is 10.6. The first-order valence-corrected chi connectivity index (χ1v) is 4.00. The molecule has 1 N–H and O–H groups in total. The third-order valence-electron chi connectivity index (χ3n) is 1.92. The molecule has 0 atom stereocenters. The molecule has 0 aliphatic rings. The zero-order valence-corrected chi connectivity index (χ0v) is 7.47. The molecule has 12 heavy (non-hydrogen) atoms. The Morgan fingerprint density at radius 3 is 2.92 bits per heavy atom. The van der Waals surface area contributed by atoms with Gasteiger partial charge in [0, 0.05) is 31.4 Å². The van der Waals surface area contributed by atoms with Crippen LogP contribution in [0.1, 0.15) is 11.3 Å². The molecule has 0 amide bonds. The molecule has 0 spiro atoms. The second-order valence-electron chi connectivity index (χ2n) is 2.74. The zero-order valence-electron chi connectivity index (χ0n) is 7.47. The topological polar surface area (TPSA) is 29.9 Å². The fourth-order valence-corrected chi connectivity index (χ4v) is 1.01. The number of rotatable bonds is 4. The Balaban J connectivity index is 2.46. The lowest BCUT2D eigenvalue weighted by atomic mass is 10.2. The van der Waals surface area contributed by atoms with Gasteiger partial charge in [0.05, 0.1) is 6.20 Å². The molecule has 4 heteroatoms. The van der Waals surface area contributed by atoms with E-state index in [0.29, 0.717) is 13.1 Å². The van der Waals surface area contributed by atoms with Crippen LogP contribution in [-0.4, -0.2) is 23.0 Å². The van der Waals surface area contributed by atoms with Crippen molar-refractivity contribution in [1.82, 2.24) is 15.1 Å². The first kappa shape index (κ1) is 9.19. The Morgan fingerprint density at radius 2 is 2.42 bits per heavy atom. The minimum Gasteiger partial charge on any atom is -0.310 e. The molecule has 0 bridgehead atoms. The van der Waals surface area contributed by atoms with Crippen molar-refractivity contribution in [2.45, 2.75) is 13.5 Å². The van der Waals surface area contributed by atoms with E-state index < -0.39 is 0 Å². The van der Waals surface area contributed by atoms with E-state index in [1.807, 2.05) is 18.7 Å². The summed E-state index contributed by atoms with van der Waals surface area (Å²) in [6.07, 6.45) is 1.81. The molecule has 1 aromatic rings. The van der Waals surface area contributed by atoms with E-state index in [9.17, 15) is 4.39 Å². The van der Waals surface area contributed by atoms with E-state index in [4.69, 9.17) is 0 Å². The van der Waals surface area contributed by atoms with Crippen LogP contribution in [0.3, 0.4) is 0 Å². The van der Waals surface area contributed by atoms with E-state index in [1.165, 1.54) is 0 Å². The number of halogens is 1. The van der Waals surface area contributed by atoms with Gasteiger partial charge in [-0.15, -0.1) is 0 Å². The van der Waals surface area contributed by atoms with Crippen LogP contribution in [0, 0.1) is 6.92 Å². The fraction of sp³-hybridized carbons (Fsp3) is 0.625. The number of aryl methyl sites for hydroxylation is 1. The summed E-state index contributed by atoms with van der Waals surface area (Å²) < 4.78 is 13.5. The fourth-order valence-electron chi connectivity index (χ4n) is 1.01. The highest BCUT2D eigenvalue weighted by molar-refractivity contribution is 5.15. The number of nitrogens with zero attached hydrogens (tertiary/aromatic N) is 2. The third kappa shape index (κ3) is 2.04. The highest BCUT2D eigenvalue weighted by atomic mass is 19.1. The molecule has 1 rings (SSSR count). The van der Waals surface area contributed by atoms with Crippen molar-refractivity contribution in [3.05, 3.63) is 17.5 Å². The van der Waals surface area contributed by atoms with Gasteiger partial charge in [-0.2, -0.15) is 5.10 Å². The van der Waals surface area contributed by atoms with Crippen molar-refractivity contribution in [3.8, 4) is 0 Å². The summed E-state index contributed by atoms with van der Waals surface area (Å²) in [5.41, 5.74) is 2.26. The predicted molar refractivity (Wildman–Crippen MR) is 45.6 cm³/mol. The van der Waals surface area contributed by atoms with Gasteiger partial charge in [-0.25, -0.2) is 4.39 Å². The molecule has 68 valence electrons. The molecule has 0 saturated heterocycles. The average Bonchev–Trinajstić information content (AvgIpc) is 2.36. The van der Waals surface area contributed by atoms with Crippen LogP contribution < -0.4 is 5.32 Å². The summed E-state index contributed by atoms with van der Waals surface area (Å²) in [5.74, 6) is 0. The van der Waals surface area contributed by atoms with Crippen molar-refractivity contribution in [3.63, 3.8) is 0 Å². The van der Waals surface area contributed by atoms with Crippen molar-refractivity contribution in [2.75, 3.05) is 13.2 Å². The zero-order chi connectivity index (χ0) is 8.97. The first-order valence-electron chi connectivity index (χ1n) is 4.00. The lowest BCUT2D eigenvalue weighted by Gasteiger charge is -2.00. The van der Waals surface area contributed by atoms with Gasteiger partial charge in [-0.3, -0.25) is 4.68 Å². The largest absolute Gasteiger partial charge is 0.310 e. The molecular weight excluding hydrogens is 157 g/mol. The van der Waals surface area contributed by atoms with Crippen LogP contribution >= 0.6 is 0 Å². The molecule has 0 radical (unpaired) electrons. The smallest absolute Gasteiger partial charge is 0.102 e. The van der Waals surface area contributed by atoms with E-state index in [0.717, 1.165) is 11.3 Å². The molecule has 0 aliphatic carbocycles. The Kier molecular flexibility index (Phi) is 3.22. The first-order chi connectivity index (χ1) is 5.75. The number of aromatic nitrogens is 2. The monoisotopic (exact) mass is 171 g/mol. The second kappa shape index (κ2) is 4.21. The Morgan fingerprint density at radius 1 is 1.67 bits per heavy atom. The van der Waals surface area contributed by atoms with Gasteiger partial charge in [0.1, 0.15) is 6.67 Å². The highest BCUT2D eigenvalue weighted by Gasteiger charge is 2.01. The summed E-state index contributed by atoms with van der Waals surface area (Å²) in [6.45, 7) is 2.79. The molecule has 1 heterocycles. The van der Waals surface area contributed by atoms with Crippen LogP contribution in [0.25, 0.3) is 0 Å². The van der Waals surface area contributed by atoms with Gasteiger partial charge >= 0.3 is 0 Å². The van der Waals surface area contributed by atoms with Gasteiger partial charge in [0.25, 0.3) is 0 Å². The highest BCUT2D eigenvalue weighted by Crippen LogP contribution is 2.03. The maximum Gasteiger partial charge on any atom is 0.102 e. The number of nitrogens with one attached hydrogen (secondary N) is 1. The molecule has 3 nitrogen and oxygen atoms in total. The van der Waals surface area contributed by atoms with Gasteiger partial charge in [0.2, 0.25) is 0 Å². The molecule has 0 unspecified atom stereocenters. The lowest BCUT2D eigenvalue weighted by molar-refractivity contribution is 0.466. The van der Waals surface area contributed by atoms with E-state index in [2.05, 4.69) is 10.4 Å². The van der Waals surface area contributed by atoms with Gasteiger partial charge in [-0.05, 0) is 6.92 Å². The van der Waals surface area contributed by atoms with Crippen molar-refractivity contribution >= 4 is 0 Å². The molecule has 0 fully saturated rings. The predicted octanol–water partition coefficient (Wildman–Crippen LogP) is 0.788. The van der Waals surface area contributed by atoms with Crippen LogP contribution in [0.4, 0.5) is 4.39 Å². The Hall–Kier alpha value is -0.900. The second-order valence-corrected chi connectivity index (χ2v) is 2.74. The molecule has 0 aromatic carbocycles. The minimum atomic E-state index is -0.320. The van der Waals surface area contributed by atoms with E-state index in [-0.39, 0.29) is 6.67 Å². The van der Waals surface area contributed by atoms with Crippen molar-refractivity contribution in [1.29, 1.82) is 0 Å². The van der Waals surface area contributed by atoms with Crippen LogP contribution in [0.15, 0.2) is 6.20 Å². The Labute approximate surface area is 71.6 Å². The standard InChI is InChI=1S/C8H14FN3/c1-7-8(5-10-4-3-9)6-11-12(7)2/h6,10H,3-5H2,1-2H3. The SMILES string of the molecule is Cc1c(CNCCF)cnn1C. The quantitative estimate of drug-likeness (QED) is 0.679. The summed E-state index contributed by atoms with van der Waals surface area (Å²) in [5, 5.41) is 7.05. The number of hydrogen-bond donors (Lipinski definition) is 1. The summed E-state index contributed by atoms with van der Waals surface area (Å²) in [7, 11) is 1.90. The van der Waals surface area contributed by atoms with E-state index >= 15 is 0 Å². The van der Waals surface area contributed by atoms with Gasteiger partial charge in [0.15, 0.2) is 0 Å². The van der Waals surface area contributed by atoms with Crippen molar-refractivity contribution < 1.29 is 4.39 Å². The van der Waals surface area contributed by atoms with Crippen molar-refractivity contribution in [2.24, 2.45) is 7.05 Å². The minimum absolute atomic E-state index is 0.320. The van der Waals surface area contributed by atoms with Crippen LogP contribution in [0.5, 0.6) is 0 Å². The van der Waals surface area contributed by atoms with Gasteiger partial charge in [-0.1, -0.05) is 0 Å². The molecule has 1 aromatic heterocycles. The molecule has 0 aliphatic heterocycles. The van der Waals surface area contributed by atoms with E-state index in [1.54, 1.807) is 6.20 Å². The van der Waals surface area contributed by atoms with Gasteiger partial charge < -0.3 is 5.32 Å². The Bertz CT molecular complexity index is 244. The molecule has 0 saturated carbocycles. The summed E-state index contributed by atoms with van der Waals surface area (Å²) in [4.78, 5) is 0. The molecular formula is C8H14FN3. The third-order valence-corrected chi connectivity index (χ3v) is 1.92. The number of alkyl halides is 1.